The van der Waals surface area contributed by atoms with Gasteiger partial charge in [-0.25, -0.2) is 0 Å². The van der Waals surface area contributed by atoms with E-state index < -0.39 is 0 Å². The van der Waals surface area contributed by atoms with E-state index >= 15 is 0 Å². The summed E-state index contributed by atoms with van der Waals surface area (Å²) in [4.78, 5) is 12.6. The average molecular weight is 369 g/mol. The molecule has 1 amide bonds. The molecule has 1 aromatic carbocycles. The maximum atomic E-state index is 12.6. The van der Waals surface area contributed by atoms with Crippen molar-refractivity contribution < 1.29 is 4.79 Å². The third kappa shape index (κ3) is 3.27. The van der Waals surface area contributed by atoms with Gasteiger partial charge in [-0.2, -0.15) is 0 Å². The molecule has 1 atom stereocenters. The van der Waals surface area contributed by atoms with Crippen LogP contribution < -0.4 is 5.32 Å². The van der Waals surface area contributed by atoms with E-state index in [0.29, 0.717) is 17.7 Å². The summed E-state index contributed by atoms with van der Waals surface area (Å²) in [6, 6.07) is 9.20. The molecule has 1 N–H and O–H groups in total. The van der Waals surface area contributed by atoms with Gasteiger partial charge in [-0.15, -0.1) is 10.2 Å². The van der Waals surface area contributed by atoms with E-state index in [1.165, 1.54) is 48.6 Å². The highest BCUT2D eigenvalue weighted by Gasteiger charge is 2.36. The van der Waals surface area contributed by atoms with Crippen LogP contribution in [-0.2, 0) is 11.2 Å². The monoisotopic (exact) mass is 368 g/mol. The number of aromatic nitrogens is 3. The van der Waals surface area contributed by atoms with Crippen LogP contribution in [-0.4, -0.2) is 26.4 Å². The smallest absolute Gasteiger partial charge is 0.230 e. The van der Waals surface area contributed by atoms with Crippen LogP contribution in [0.2, 0.25) is 0 Å². The van der Waals surface area contributed by atoms with Crippen molar-refractivity contribution in [2.24, 2.45) is 0 Å². The Labute approximate surface area is 158 Å². The molecule has 1 unspecified atom stereocenters. The maximum Gasteiger partial charge on any atom is 0.230 e. The van der Waals surface area contributed by atoms with E-state index in [1.807, 2.05) is 0 Å². The number of rotatable bonds is 6. The average Bonchev–Trinajstić information content (AvgIpc) is 3.59. The van der Waals surface area contributed by atoms with Gasteiger partial charge >= 0.3 is 0 Å². The Kier molecular flexibility index (Phi) is 4.23. The lowest BCUT2D eigenvalue weighted by molar-refractivity contribution is -0.119. The van der Waals surface area contributed by atoms with Gasteiger partial charge in [-0.1, -0.05) is 36.0 Å². The minimum atomic E-state index is 0.0926. The fraction of sp³-hybridized carbons (Fsp3) is 0.550. The Morgan fingerprint density at radius 2 is 2.00 bits per heavy atom. The summed E-state index contributed by atoms with van der Waals surface area (Å²) >= 11 is 1.54. The minimum Gasteiger partial charge on any atom is -0.349 e. The SMILES string of the molecule is O=C(CSc1nnc(C2CC2)n1C1CC1)NC1CCCc2ccccc21. The summed E-state index contributed by atoms with van der Waals surface area (Å²) in [6.45, 7) is 0. The first kappa shape index (κ1) is 16.4. The molecule has 1 heterocycles. The molecule has 2 saturated carbocycles. The Morgan fingerprint density at radius 1 is 1.15 bits per heavy atom. The fourth-order valence-corrected chi connectivity index (χ4v) is 4.78. The van der Waals surface area contributed by atoms with Crippen molar-refractivity contribution in [3.05, 3.63) is 41.2 Å². The molecule has 2 fully saturated rings. The molecule has 6 heteroatoms. The molecule has 0 radical (unpaired) electrons. The van der Waals surface area contributed by atoms with Crippen molar-refractivity contribution >= 4 is 17.7 Å². The quantitative estimate of drug-likeness (QED) is 0.789. The van der Waals surface area contributed by atoms with Crippen molar-refractivity contribution in [2.75, 3.05) is 5.75 Å². The lowest BCUT2D eigenvalue weighted by Gasteiger charge is -2.26. The zero-order valence-corrected chi connectivity index (χ0v) is 15.7. The van der Waals surface area contributed by atoms with Gasteiger partial charge in [0.15, 0.2) is 5.16 Å². The van der Waals surface area contributed by atoms with Crippen molar-refractivity contribution in [1.29, 1.82) is 0 Å². The Bertz CT molecular complexity index is 825. The van der Waals surface area contributed by atoms with E-state index in [0.717, 1.165) is 30.2 Å². The van der Waals surface area contributed by atoms with E-state index in [9.17, 15) is 4.79 Å². The van der Waals surface area contributed by atoms with Crippen LogP contribution in [0.5, 0.6) is 0 Å². The molecule has 26 heavy (non-hydrogen) atoms. The van der Waals surface area contributed by atoms with Crippen molar-refractivity contribution in [3.63, 3.8) is 0 Å². The molecule has 0 bridgehead atoms. The number of carbonyl (C=O) groups excluding carboxylic acids is 1. The number of aryl methyl sites for hydroxylation is 1. The van der Waals surface area contributed by atoms with Gasteiger partial charge in [0, 0.05) is 12.0 Å². The molecule has 5 rings (SSSR count). The lowest BCUT2D eigenvalue weighted by atomic mass is 9.88. The second-order valence-corrected chi connectivity index (χ2v) is 8.66. The first-order valence-electron chi connectivity index (χ1n) is 9.74. The zero-order valence-electron chi connectivity index (χ0n) is 14.9. The third-order valence-corrected chi connectivity index (χ3v) is 6.53. The largest absolute Gasteiger partial charge is 0.349 e. The number of carbonyl (C=O) groups is 1. The van der Waals surface area contributed by atoms with Crippen molar-refractivity contribution in [3.8, 4) is 0 Å². The molecule has 2 aromatic rings. The maximum absolute atomic E-state index is 12.6. The molecule has 3 aliphatic carbocycles. The molecule has 0 aliphatic heterocycles. The highest BCUT2D eigenvalue weighted by Crippen LogP contribution is 2.46. The van der Waals surface area contributed by atoms with Crippen LogP contribution in [0, 0.1) is 0 Å². The van der Waals surface area contributed by atoms with E-state index in [-0.39, 0.29) is 11.9 Å². The number of fused-ring (bicyclic) bond motifs is 1. The highest BCUT2D eigenvalue weighted by molar-refractivity contribution is 7.99. The number of nitrogens with zero attached hydrogens (tertiary/aromatic N) is 3. The van der Waals surface area contributed by atoms with E-state index in [4.69, 9.17) is 0 Å². The summed E-state index contributed by atoms with van der Waals surface area (Å²) in [5, 5.41) is 13.0. The normalized spacial score (nSPS) is 22.1. The summed E-state index contributed by atoms with van der Waals surface area (Å²) in [5.74, 6) is 2.26. The molecule has 5 nitrogen and oxygen atoms in total. The van der Waals surface area contributed by atoms with Crippen LogP contribution in [0.1, 0.15) is 73.5 Å². The van der Waals surface area contributed by atoms with Gasteiger partial charge in [-0.05, 0) is 56.1 Å². The van der Waals surface area contributed by atoms with Crippen LogP contribution in [0.4, 0.5) is 0 Å². The predicted octanol–water partition coefficient (Wildman–Crippen LogP) is 3.78. The molecule has 0 spiro atoms. The molecule has 0 saturated heterocycles. The first-order valence-corrected chi connectivity index (χ1v) is 10.7. The Balaban J connectivity index is 1.24. The highest BCUT2D eigenvalue weighted by atomic mass is 32.2. The number of hydrogen-bond acceptors (Lipinski definition) is 4. The van der Waals surface area contributed by atoms with Crippen molar-refractivity contribution in [1.82, 2.24) is 20.1 Å². The summed E-state index contributed by atoms with van der Waals surface area (Å²) < 4.78 is 2.31. The van der Waals surface area contributed by atoms with Gasteiger partial charge < -0.3 is 9.88 Å². The summed E-state index contributed by atoms with van der Waals surface area (Å²) in [7, 11) is 0. The Hall–Kier alpha value is -1.82. The summed E-state index contributed by atoms with van der Waals surface area (Å²) in [6.07, 6.45) is 8.18. The van der Waals surface area contributed by atoms with Crippen LogP contribution in [0.3, 0.4) is 0 Å². The second-order valence-electron chi connectivity index (χ2n) is 7.72. The number of thioether (sulfide) groups is 1. The third-order valence-electron chi connectivity index (χ3n) is 5.58. The van der Waals surface area contributed by atoms with Crippen LogP contribution in [0.15, 0.2) is 29.4 Å². The standard InChI is InChI=1S/C20H24N4OS/c25-18(21-17-7-3-5-13-4-1-2-6-16(13)17)12-26-20-23-22-19(14-8-9-14)24(20)15-10-11-15/h1-2,4,6,14-15,17H,3,5,7-12H2,(H,21,25). The van der Waals surface area contributed by atoms with E-state index in [2.05, 4.69) is 44.3 Å². The number of benzene rings is 1. The number of amides is 1. The van der Waals surface area contributed by atoms with Gasteiger partial charge in [0.05, 0.1) is 11.8 Å². The Morgan fingerprint density at radius 3 is 2.81 bits per heavy atom. The van der Waals surface area contributed by atoms with Gasteiger partial charge in [0.25, 0.3) is 0 Å². The first-order chi connectivity index (χ1) is 12.8. The molecule has 3 aliphatic rings. The minimum absolute atomic E-state index is 0.0926. The second kappa shape index (κ2) is 6.72. The number of hydrogen-bond donors (Lipinski definition) is 1. The fourth-order valence-electron chi connectivity index (χ4n) is 3.95. The number of nitrogens with one attached hydrogen (secondary N) is 1. The predicted molar refractivity (Wildman–Crippen MR) is 101 cm³/mol. The lowest BCUT2D eigenvalue weighted by Crippen LogP contribution is -2.32. The van der Waals surface area contributed by atoms with Crippen molar-refractivity contribution in [2.45, 2.75) is 68.1 Å². The molecular weight excluding hydrogens is 344 g/mol. The topological polar surface area (TPSA) is 59.8 Å². The molecular formula is C20H24N4OS. The van der Waals surface area contributed by atoms with Gasteiger partial charge in [0.2, 0.25) is 5.91 Å². The zero-order chi connectivity index (χ0) is 17.5. The summed E-state index contributed by atoms with van der Waals surface area (Å²) in [5.41, 5.74) is 2.66. The van der Waals surface area contributed by atoms with Gasteiger partial charge in [0.1, 0.15) is 5.82 Å². The van der Waals surface area contributed by atoms with Crippen LogP contribution >= 0.6 is 11.8 Å². The van der Waals surface area contributed by atoms with E-state index in [1.54, 1.807) is 0 Å². The molecule has 136 valence electrons. The molecule has 1 aromatic heterocycles. The van der Waals surface area contributed by atoms with Crippen LogP contribution in [0.25, 0.3) is 0 Å². The van der Waals surface area contributed by atoms with Gasteiger partial charge in [-0.3, -0.25) is 4.79 Å².